The van der Waals surface area contributed by atoms with Crippen LogP contribution >= 0.6 is 0 Å². The Morgan fingerprint density at radius 2 is 1.04 bits per heavy atom. The van der Waals surface area contributed by atoms with Crippen LogP contribution in [0.3, 0.4) is 0 Å². The van der Waals surface area contributed by atoms with Crippen LogP contribution in [0.1, 0.15) is 69.4 Å². The molecule has 0 aliphatic rings. The number of ether oxygens (including phenoxy) is 1. The largest absolute Gasteiger partial charge is 0.522 e. The Morgan fingerprint density at radius 1 is 0.471 bits per heavy atom. The summed E-state index contributed by atoms with van der Waals surface area (Å²) in [6.07, 6.45) is 5.76. The van der Waals surface area contributed by atoms with E-state index in [0.717, 1.165) is 106 Å². The molecule has 0 atom stereocenters. The van der Waals surface area contributed by atoms with Crippen LogP contribution in [-0.4, -0.2) is 24.3 Å². The van der Waals surface area contributed by atoms with Gasteiger partial charge in [-0.1, -0.05) is 235 Å². The summed E-state index contributed by atoms with van der Waals surface area (Å²) in [6, 6.07) is 84.2. The Bertz CT molecular complexity index is 4500. The Hall–Kier alpha value is -9.29. The molecule has 0 aliphatic carbocycles. The second-order valence-corrected chi connectivity index (χ2v) is 24.0. The van der Waals surface area contributed by atoms with E-state index >= 15 is 0 Å². The van der Waals surface area contributed by atoms with Crippen molar-refractivity contribution >= 4 is 21.8 Å². The second kappa shape index (κ2) is 22.7. The number of rotatable bonds is 11. The van der Waals surface area contributed by atoms with Crippen LogP contribution in [0.2, 0.25) is 0 Å². The maximum Gasteiger partial charge on any atom is 0.233 e. The van der Waals surface area contributed by atoms with E-state index in [1.807, 2.05) is 24.4 Å². The van der Waals surface area contributed by atoms with Gasteiger partial charge in [0.25, 0.3) is 0 Å². The fraction of sp³-hybridized carbons (Fsp3) is 0.143. The summed E-state index contributed by atoms with van der Waals surface area (Å²) < 4.78 is 13.2. The van der Waals surface area contributed by atoms with Gasteiger partial charge >= 0.3 is 0 Å². The third-order valence-corrected chi connectivity index (χ3v) is 16.0. The monoisotopic (exact) mass is 1280 g/mol. The van der Waals surface area contributed by atoms with Crippen LogP contribution in [0, 0.1) is 39.2 Å². The normalized spacial score (nSPS) is 11.7. The molecule has 0 amide bonds. The van der Waals surface area contributed by atoms with Crippen molar-refractivity contribution in [3.05, 3.63) is 271 Å². The minimum atomic E-state index is -0.160. The van der Waals surface area contributed by atoms with Crippen LogP contribution in [0.4, 0.5) is 0 Å². The third-order valence-electron chi connectivity index (χ3n) is 16.0. The topological polar surface area (TPSA) is 61.6 Å². The van der Waals surface area contributed by atoms with Crippen LogP contribution in [0.15, 0.2) is 225 Å². The number of aromatic nitrogens is 6. The van der Waals surface area contributed by atoms with Gasteiger partial charge in [-0.2, -0.15) is 16.8 Å². The summed E-state index contributed by atoms with van der Waals surface area (Å²) in [4.78, 5) is 10.6. The molecular weight excluding hydrogens is 1220 g/mol. The molecule has 85 heavy (non-hydrogen) atoms. The van der Waals surface area contributed by atoms with E-state index in [-0.39, 0.29) is 31.9 Å². The third kappa shape index (κ3) is 11.0. The summed E-state index contributed by atoms with van der Waals surface area (Å²) in [6.45, 7) is 20.0. The van der Waals surface area contributed by atoms with Gasteiger partial charge in [-0.25, -0.2) is 4.98 Å². The molecule has 0 saturated heterocycles. The number of nitrogens with zero attached hydrogens (tertiary/aromatic N) is 6. The minimum Gasteiger partial charge on any atom is -0.522 e. The van der Waals surface area contributed by atoms with Crippen molar-refractivity contribution in [1.29, 1.82) is 0 Å². The first-order chi connectivity index (χ1) is 40.6. The van der Waals surface area contributed by atoms with Gasteiger partial charge in [-0.15, -0.1) is 23.6 Å². The van der Waals surface area contributed by atoms with Crippen molar-refractivity contribution in [2.24, 2.45) is 0 Å². The van der Waals surface area contributed by atoms with E-state index in [1.54, 1.807) is 4.68 Å². The molecule has 420 valence electrons. The average molecular weight is 1280 g/mol. The number of fused-ring (bicyclic) bond motifs is 3. The van der Waals surface area contributed by atoms with Crippen molar-refractivity contribution in [2.75, 3.05) is 0 Å². The van der Waals surface area contributed by atoms with Gasteiger partial charge in [0.15, 0.2) is 0 Å². The van der Waals surface area contributed by atoms with Gasteiger partial charge in [0.05, 0.1) is 5.82 Å². The first-order valence-corrected chi connectivity index (χ1v) is 28.8. The summed E-state index contributed by atoms with van der Waals surface area (Å²) >= 11 is 0. The number of benzene rings is 9. The molecule has 13 aromatic rings. The summed E-state index contributed by atoms with van der Waals surface area (Å²) in [7, 11) is 0. The first-order valence-electron chi connectivity index (χ1n) is 28.8. The van der Waals surface area contributed by atoms with Crippen molar-refractivity contribution in [3.8, 4) is 96.0 Å². The van der Waals surface area contributed by atoms with Gasteiger partial charge < -0.3 is 13.9 Å². The van der Waals surface area contributed by atoms with Crippen molar-refractivity contribution < 1.29 is 30.4 Å². The molecule has 8 heteroatoms. The zero-order valence-electron chi connectivity index (χ0n) is 49.3. The maximum absolute atomic E-state index is 7.09. The van der Waals surface area contributed by atoms with Crippen molar-refractivity contribution in [3.63, 3.8) is 0 Å². The zero-order chi connectivity index (χ0) is 57.9. The van der Waals surface area contributed by atoms with E-state index < -0.39 is 0 Å². The van der Waals surface area contributed by atoms with E-state index in [1.165, 1.54) is 11.1 Å². The van der Waals surface area contributed by atoms with Gasteiger partial charge in [0.2, 0.25) is 12.2 Å². The maximum atomic E-state index is 7.09. The summed E-state index contributed by atoms with van der Waals surface area (Å²) in [5.41, 5.74) is 19.5. The molecule has 13 rings (SSSR count). The molecule has 0 unspecified atom stereocenters. The van der Waals surface area contributed by atoms with Crippen LogP contribution in [0.25, 0.3) is 106 Å². The fourth-order valence-corrected chi connectivity index (χ4v) is 11.5. The summed E-state index contributed by atoms with van der Waals surface area (Å²) in [5, 5.41) is 7.75. The quantitative estimate of drug-likeness (QED) is 0.0956. The number of aryl methyl sites for hydroxylation is 3. The Balaban J connectivity index is 0.00000709. The standard InChI is InChI=1S/C77H64N6O.Pt/c1-50-24-22-25-51(2)73(50)68-45-62(84-61-37-38-65-66-41-57(53-26-14-10-15-27-53)36-39-69(66)83(70(65)46-61)71-40-52(3)67(48-78-71)56-32-20-13-21-33-56)47-72(79-68)82-49-81(60-43-58(76(4,5)6)42-59(44-60)77(7,8)9)75(80-82)74-63(54-28-16-11-17-29-54)34-23-35-64(74)55-30-18-12-19-31-55;/h10-45,48H,1-9H3;/q-2;. The average Bonchev–Trinajstić information content (AvgIpc) is 1.80. The fourth-order valence-electron chi connectivity index (χ4n) is 11.5. The van der Waals surface area contributed by atoms with E-state index in [9.17, 15) is 0 Å². The minimum absolute atomic E-state index is 0. The number of hydrogen-bond acceptors (Lipinski definition) is 4. The molecule has 0 aliphatic heterocycles. The molecule has 4 heterocycles. The van der Waals surface area contributed by atoms with E-state index in [4.69, 9.17) is 19.8 Å². The van der Waals surface area contributed by atoms with Crippen LogP contribution in [0.5, 0.6) is 11.5 Å². The molecule has 0 radical (unpaired) electrons. The number of pyridine rings is 2. The predicted molar refractivity (Wildman–Crippen MR) is 342 cm³/mol. The van der Waals surface area contributed by atoms with Crippen molar-refractivity contribution in [1.82, 2.24) is 24.3 Å². The van der Waals surface area contributed by atoms with E-state index in [2.05, 4.69) is 290 Å². The van der Waals surface area contributed by atoms with Crippen LogP contribution < -0.4 is 9.30 Å². The molecule has 0 spiro atoms. The smallest absolute Gasteiger partial charge is 0.233 e. The molecule has 0 fully saturated rings. The summed E-state index contributed by atoms with van der Waals surface area (Å²) in [5.74, 6) is 2.84. The second-order valence-electron chi connectivity index (χ2n) is 24.0. The molecule has 4 aromatic heterocycles. The first kappa shape index (κ1) is 56.2. The SMILES string of the molecule is Cc1cc(-n2c3[c-]c(Oc4[c-]c(-n5[c-][n+](-c6cc(C(C)(C)C)cc(C(C)(C)C)c6)c(-c6c(-c7ccccc7)cccc6-c6ccccc6)n5)nc(-c5c(C)cccc5C)c4)ccc3c3cc(-c4ccccc4)ccc32)ncc1-c1ccccc1.[Pt]. The molecule has 9 aromatic carbocycles. The molecule has 7 nitrogen and oxygen atoms in total. The van der Waals surface area contributed by atoms with Gasteiger partial charge in [-0.05, 0) is 138 Å². The zero-order valence-corrected chi connectivity index (χ0v) is 51.5. The molecule has 0 saturated carbocycles. The number of hydrogen-bond donors (Lipinski definition) is 0. The van der Waals surface area contributed by atoms with E-state index in [0.29, 0.717) is 28.8 Å². The molecule has 0 N–H and O–H groups in total. The Labute approximate surface area is 513 Å². The van der Waals surface area contributed by atoms with Gasteiger partial charge in [-0.3, -0.25) is 4.98 Å². The Morgan fingerprint density at radius 3 is 1.61 bits per heavy atom. The van der Waals surface area contributed by atoms with Crippen molar-refractivity contribution in [2.45, 2.75) is 73.1 Å². The Kier molecular flexibility index (Phi) is 15.0. The van der Waals surface area contributed by atoms with Gasteiger partial charge in [0, 0.05) is 55.3 Å². The molecule has 0 bridgehead atoms. The predicted octanol–water partition coefficient (Wildman–Crippen LogP) is 18.7. The molecular formula is C77H64N6OPt-2. The van der Waals surface area contributed by atoms with Crippen LogP contribution in [-0.2, 0) is 31.9 Å². The van der Waals surface area contributed by atoms with Gasteiger partial charge in [0.1, 0.15) is 5.82 Å².